The van der Waals surface area contributed by atoms with Gasteiger partial charge in [0.05, 0.1) is 10.7 Å². The molecule has 0 unspecified atom stereocenters. The lowest BCUT2D eigenvalue weighted by Gasteiger charge is -2.33. The Balaban J connectivity index is 1.64. The fraction of sp³-hybridized carbons (Fsp3) is 0.294. The molecule has 2 amide bonds. The molecule has 2 heterocycles. The standard InChI is InChI=1S/C17H17Cl2N5O2/c1-11(25)23-6-8-24(9-7-23)17(26)15-4-5-16(22-21-15)20-14-3-2-12(18)10-13(14)19/h2-5,10H,6-9H2,1H3,(H,20,22). The molecule has 1 fully saturated rings. The Morgan fingerprint density at radius 1 is 1.00 bits per heavy atom. The first-order valence-corrected chi connectivity index (χ1v) is 8.80. The van der Waals surface area contributed by atoms with E-state index in [-0.39, 0.29) is 17.5 Å². The van der Waals surface area contributed by atoms with Gasteiger partial charge in [0.1, 0.15) is 0 Å². The molecule has 136 valence electrons. The SMILES string of the molecule is CC(=O)N1CCN(C(=O)c2ccc(Nc3ccc(Cl)cc3Cl)nn2)CC1. The van der Waals surface area contributed by atoms with E-state index in [1.165, 1.54) is 6.92 Å². The van der Waals surface area contributed by atoms with Gasteiger partial charge < -0.3 is 15.1 Å². The molecule has 26 heavy (non-hydrogen) atoms. The molecule has 1 N–H and O–H groups in total. The van der Waals surface area contributed by atoms with Crippen LogP contribution in [0.15, 0.2) is 30.3 Å². The number of benzene rings is 1. The summed E-state index contributed by atoms with van der Waals surface area (Å²) in [5, 5.41) is 12.1. The number of piperazine rings is 1. The summed E-state index contributed by atoms with van der Waals surface area (Å²) in [6, 6.07) is 8.34. The Morgan fingerprint density at radius 3 is 2.27 bits per heavy atom. The second kappa shape index (κ2) is 7.88. The van der Waals surface area contributed by atoms with E-state index in [1.807, 2.05) is 0 Å². The lowest BCUT2D eigenvalue weighted by molar-refractivity contribution is -0.130. The van der Waals surface area contributed by atoms with Crippen molar-refractivity contribution in [3.05, 3.63) is 46.1 Å². The first-order chi connectivity index (χ1) is 12.4. The fourth-order valence-corrected chi connectivity index (χ4v) is 3.08. The molecule has 0 radical (unpaired) electrons. The number of nitrogens with one attached hydrogen (secondary N) is 1. The molecule has 9 heteroatoms. The van der Waals surface area contributed by atoms with Crippen molar-refractivity contribution in [3.63, 3.8) is 0 Å². The van der Waals surface area contributed by atoms with Gasteiger partial charge in [-0.1, -0.05) is 23.2 Å². The summed E-state index contributed by atoms with van der Waals surface area (Å²) in [6.07, 6.45) is 0. The molecule has 1 aromatic carbocycles. The van der Waals surface area contributed by atoms with Crippen LogP contribution in [0.5, 0.6) is 0 Å². The monoisotopic (exact) mass is 393 g/mol. The minimum absolute atomic E-state index is 0.0215. The van der Waals surface area contributed by atoms with Crippen LogP contribution in [0.4, 0.5) is 11.5 Å². The van der Waals surface area contributed by atoms with Crippen LogP contribution < -0.4 is 5.32 Å². The number of rotatable bonds is 3. The fourth-order valence-electron chi connectivity index (χ4n) is 2.63. The molecule has 2 aromatic rings. The minimum atomic E-state index is -0.197. The molecule has 0 aliphatic carbocycles. The first-order valence-electron chi connectivity index (χ1n) is 8.04. The number of nitrogens with zero attached hydrogens (tertiary/aromatic N) is 4. The number of hydrogen-bond donors (Lipinski definition) is 1. The molecule has 0 spiro atoms. The molecular weight excluding hydrogens is 377 g/mol. The number of hydrogen-bond acceptors (Lipinski definition) is 5. The maximum atomic E-state index is 12.5. The van der Waals surface area contributed by atoms with Crippen molar-refractivity contribution >= 4 is 46.5 Å². The number of carbonyl (C=O) groups is 2. The van der Waals surface area contributed by atoms with E-state index in [4.69, 9.17) is 23.2 Å². The van der Waals surface area contributed by atoms with Crippen LogP contribution >= 0.6 is 23.2 Å². The Bertz CT molecular complexity index is 820. The molecule has 0 bridgehead atoms. The van der Waals surface area contributed by atoms with Crippen molar-refractivity contribution < 1.29 is 9.59 Å². The number of amides is 2. The zero-order valence-corrected chi connectivity index (χ0v) is 15.6. The van der Waals surface area contributed by atoms with Crippen LogP contribution in [0.25, 0.3) is 0 Å². The van der Waals surface area contributed by atoms with Gasteiger partial charge in [-0.2, -0.15) is 0 Å². The Morgan fingerprint density at radius 2 is 1.69 bits per heavy atom. The van der Waals surface area contributed by atoms with Crippen LogP contribution in [-0.2, 0) is 4.79 Å². The normalized spacial score (nSPS) is 14.3. The summed E-state index contributed by atoms with van der Waals surface area (Å²) in [4.78, 5) is 27.2. The zero-order chi connectivity index (χ0) is 18.7. The number of carbonyl (C=O) groups excluding carboxylic acids is 2. The molecule has 1 aliphatic rings. The summed E-state index contributed by atoms with van der Waals surface area (Å²) in [5.74, 6) is 0.289. The third kappa shape index (κ3) is 4.23. The van der Waals surface area contributed by atoms with Crippen LogP contribution in [0.3, 0.4) is 0 Å². The predicted molar refractivity (Wildman–Crippen MR) is 99.9 cm³/mol. The second-order valence-corrected chi connectivity index (χ2v) is 6.69. The maximum absolute atomic E-state index is 12.5. The molecule has 7 nitrogen and oxygen atoms in total. The van der Waals surface area contributed by atoms with Crippen molar-refractivity contribution in [1.82, 2.24) is 20.0 Å². The van der Waals surface area contributed by atoms with E-state index in [2.05, 4.69) is 15.5 Å². The van der Waals surface area contributed by atoms with Crippen LogP contribution in [0.2, 0.25) is 10.0 Å². The summed E-state index contributed by atoms with van der Waals surface area (Å²) in [6.45, 7) is 3.56. The van der Waals surface area contributed by atoms with Crippen molar-refractivity contribution in [2.75, 3.05) is 31.5 Å². The largest absolute Gasteiger partial charge is 0.339 e. The second-order valence-electron chi connectivity index (χ2n) is 5.85. The highest BCUT2D eigenvalue weighted by Crippen LogP contribution is 2.27. The van der Waals surface area contributed by atoms with E-state index in [0.717, 1.165) is 0 Å². The van der Waals surface area contributed by atoms with Crippen LogP contribution in [0, 0.1) is 0 Å². The van der Waals surface area contributed by atoms with Crippen molar-refractivity contribution in [1.29, 1.82) is 0 Å². The maximum Gasteiger partial charge on any atom is 0.274 e. The van der Waals surface area contributed by atoms with Crippen molar-refractivity contribution in [2.45, 2.75) is 6.92 Å². The van der Waals surface area contributed by atoms with Gasteiger partial charge in [-0.25, -0.2) is 0 Å². The highest BCUT2D eigenvalue weighted by atomic mass is 35.5. The quantitative estimate of drug-likeness (QED) is 0.866. The third-order valence-corrected chi connectivity index (χ3v) is 4.64. The molecule has 1 aliphatic heterocycles. The molecule has 3 rings (SSSR count). The van der Waals surface area contributed by atoms with Gasteiger partial charge in [0.25, 0.3) is 5.91 Å². The van der Waals surface area contributed by atoms with Crippen LogP contribution in [-0.4, -0.2) is 58.0 Å². The average molecular weight is 394 g/mol. The summed E-state index contributed by atoms with van der Waals surface area (Å²) < 4.78 is 0. The first kappa shape index (κ1) is 18.4. The van der Waals surface area contributed by atoms with Crippen LogP contribution in [0.1, 0.15) is 17.4 Å². The Hall–Kier alpha value is -2.38. The van der Waals surface area contributed by atoms with Gasteiger partial charge in [-0.05, 0) is 30.3 Å². The van der Waals surface area contributed by atoms with Gasteiger partial charge in [0, 0.05) is 38.1 Å². The molecule has 1 aromatic heterocycles. The van der Waals surface area contributed by atoms with Gasteiger partial charge >= 0.3 is 0 Å². The van der Waals surface area contributed by atoms with Gasteiger partial charge in [-0.3, -0.25) is 9.59 Å². The molecular formula is C17H17Cl2N5O2. The summed E-state index contributed by atoms with van der Waals surface area (Å²) in [5.41, 5.74) is 0.902. The van der Waals surface area contributed by atoms with E-state index in [1.54, 1.807) is 40.1 Å². The lowest BCUT2D eigenvalue weighted by Crippen LogP contribution is -2.50. The van der Waals surface area contributed by atoms with E-state index in [9.17, 15) is 9.59 Å². The third-order valence-electron chi connectivity index (χ3n) is 4.09. The van der Waals surface area contributed by atoms with Gasteiger partial charge in [0.2, 0.25) is 5.91 Å². The summed E-state index contributed by atoms with van der Waals surface area (Å²) >= 11 is 12.0. The number of aromatic nitrogens is 2. The molecule has 0 saturated carbocycles. The summed E-state index contributed by atoms with van der Waals surface area (Å²) in [7, 11) is 0. The van der Waals surface area contributed by atoms with Gasteiger partial charge in [0.15, 0.2) is 11.5 Å². The van der Waals surface area contributed by atoms with E-state index >= 15 is 0 Å². The Kier molecular flexibility index (Phi) is 5.58. The zero-order valence-electron chi connectivity index (χ0n) is 14.1. The molecule has 1 saturated heterocycles. The highest BCUT2D eigenvalue weighted by molar-refractivity contribution is 6.36. The molecule has 0 atom stereocenters. The Labute approximate surface area is 160 Å². The topological polar surface area (TPSA) is 78.4 Å². The van der Waals surface area contributed by atoms with E-state index < -0.39 is 0 Å². The van der Waals surface area contributed by atoms with E-state index in [0.29, 0.717) is 47.7 Å². The average Bonchev–Trinajstić information content (AvgIpc) is 2.64. The van der Waals surface area contributed by atoms with Crippen molar-refractivity contribution in [3.8, 4) is 0 Å². The van der Waals surface area contributed by atoms with Crippen molar-refractivity contribution in [2.24, 2.45) is 0 Å². The predicted octanol–water partition coefficient (Wildman–Crippen LogP) is 2.83. The smallest absolute Gasteiger partial charge is 0.274 e. The highest BCUT2D eigenvalue weighted by Gasteiger charge is 2.24. The minimum Gasteiger partial charge on any atom is -0.339 e. The number of halogens is 2. The van der Waals surface area contributed by atoms with Gasteiger partial charge in [-0.15, -0.1) is 10.2 Å². The lowest BCUT2D eigenvalue weighted by atomic mass is 10.2. The number of anilines is 2.